The van der Waals surface area contributed by atoms with Crippen molar-refractivity contribution >= 4 is 39.5 Å². The number of rotatable bonds is 0. The molecule has 5 heteroatoms. The third-order valence-corrected chi connectivity index (χ3v) is 2.30. The number of imidazole rings is 1. The summed E-state index contributed by atoms with van der Waals surface area (Å²) in [5.74, 6) is 0. The molecule has 2 nitrogen and oxygen atoms in total. The third kappa shape index (κ3) is 0.905. The van der Waals surface area contributed by atoms with Gasteiger partial charge in [-0.25, -0.2) is 4.98 Å². The Morgan fingerprint density at radius 1 is 1.60 bits per heavy atom. The van der Waals surface area contributed by atoms with Gasteiger partial charge in [-0.2, -0.15) is 0 Å². The molecule has 0 unspecified atom stereocenters. The molecule has 2 rings (SSSR count). The fourth-order valence-electron chi connectivity index (χ4n) is 0.685. The monoisotopic (exact) mass is 191 g/mol. The highest BCUT2D eigenvalue weighted by Crippen LogP contribution is 2.22. The van der Waals surface area contributed by atoms with E-state index < -0.39 is 0 Å². The lowest BCUT2D eigenvalue weighted by molar-refractivity contribution is 1.22. The van der Waals surface area contributed by atoms with Crippen molar-refractivity contribution in [3.05, 3.63) is 21.9 Å². The Kier molecular flexibility index (Phi) is 1.37. The number of fused-ring (bicyclic) bond motifs is 1. The average molecular weight is 192 g/mol. The highest BCUT2D eigenvalue weighted by molar-refractivity contribution is 7.20. The van der Waals surface area contributed by atoms with E-state index in [-0.39, 0.29) is 0 Å². The molecule has 2 aromatic rings. The van der Waals surface area contributed by atoms with Gasteiger partial charge >= 0.3 is 0 Å². The maximum Gasteiger partial charge on any atom is 0.197 e. The minimum absolute atomic E-state index is 0.378. The SMILES string of the molecule is Clc1[c]n2cc(Cl)sc2n1. The van der Waals surface area contributed by atoms with Crippen LogP contribution in [0.2, 0.25) is 9.49 Å². The maximum absolute atomic E-state index is 5.67. The van der Waals surface area contributed by atoms with E-state index >= 15 is 0 Å². The summed E-state index contributed by atoms with van der Waals surface area (Å²) in [5, 5.41) is 0.378. The zero-order valence-electron chi connectivity index (χ0n) is 4.64. The molecule has 0 saturated heterocycles. The molecule has 51 valence electrons. The van der Waals surface area contributed by atoms with Gasteiger partial charge in [0.1, 0.15) is 10.5 Å². The Morgan fingerprint density at radius 3 is 3.10 bits per heavy atom. The van der Waals surface area contributed by atoms with Gasteiger partial charge in [0.05, 0.1) is 0 Å². The fourth-order valence-corrected chi connectivity index (χ4v) is 1.88. The molecule has 2 aromatic heterocycles. The first-order valence-electron chi connectivity index (χ1n) is 2.48. The van der Waals surface area contributed by atoms with Gasteiger partial charge in [-0.3, -0.25) is 4.40 Å². The van der Waals surface area contributed by atoms with Crippen molar-refractivity contribution in [1.29, 1.82) is 0 Å². The third-order valence-electron chi connectivity index (χ3n) is 1.03. The molecule has 10 heavy (non-hydrogen) atoms. The lowest BCUT2D eigenvalue weighted by atomic mass is 10.9. The summed E-state index contributed by atoms with van der Waals surface area (Å²) in [7, 11) is 0. The molecule has 1 radical (unpaired) electrons. The van der Waals surface area contributed by atoms with E-state index in [2.05, 4.69) is 11.2 Å². The van der Waals surface area contributed by atoms with Crippen molar-refractivity contribution in [2.45, 2.75) is 0 Å². The van der Waals surface area contributed by atoms with Crippen LogP contribution in [0.1, 0.15) is 0 Å². The summed E-state index contributed by atoms with van der Waals surface area (Å²) in [6.45, 7) is 0. The molecule has 0 aliphatic heterocycles. The molecule has 0 saturated carbocycles. The van der Waals surface area contributed by atoms with Crippen molar-refractivity contribution in [2.24, 2.45) is 0 Å². The van der Waals surface area contributed by atoms with Crippen molar-refractivity contribution in [3.8, 4) is 0 Å². The Hall–Kier alpha value is -0.250. The second kappa shape index (κ2) is 2.12. The molecular weight excluding hydrogens is 191 g/mol. The number of halogens is 2. The van der Waals surface area contributed by atoms with Crippen molar-refractivity contribution in [2.75, 3.05) is 0 Å². The lowest BCUT2D eigenvalue weighted by Gasteiger charge is -1.71. The molecule has 0 aliphatic carbocycles. The van der Waals surface area contributed by atoms with E-state index in [1.807, 2.05) is 0 Å². The molecule has 0 bridgehead atoms. The van der Waals surface area contributed by atoms with Gasteiger partial charge in [0.25, 0.3) is 0 Å². The minimum atomic E-state index is 0.378. The van der Waals surface area contributed by atoms with Crippen LogP contribution in [0.4, 0.5) is 0 Å². The number of nitrogens with zero attached hydrogens (tertiary/aromatic N) is 2. The van der Waals surface area contributed by atoms with Gasteiger partial charge in [0.15, 0.2) is 10.1 Å². The van der Waals surface area contributed by atoms with Gasteiger partial charge < -0.3 is 0 Å². The van der Waals surface area contributed by atoms with Crippen LogP contribution >= 0.6 is 34.5 Å². The molecule has 2 heterocycles. The van der Waals surface area contributed by atoms with Crippen LogP contribution < -0.4 is 0 Å². The van der Waals surface area contributed by atoms with Crippen LogP contribution in [0.5, 0.6) is 0 Å². The topological polar surface area (TPSA) is 17.3 Å². The first-order chi connectivity index (χ1) is 4.75. The van der Waals surface area contributed by atoms with E-state index in [0.29, 0.717) is 9.49 Å². The molecule has 0 fully saturated rings. The highest BCUT2D eigenvalue weighted by Gasteiger charge is 2.02. The van der Waals surface area contributed by atoms with Crippen LogP contribution in [-0.2, 0) is 0 Å². The molecule has 0 spiro atoms. The van der Waals surface area contributed by atoms with Crippen LogP contribution in [-0.4, -0.2) is 9.38 Å². The normalized spacial score (nSPS) is 11.0. The van der Waals surface area contributed by atoms with Crippen LogP contribution in [0.3, 0.4) is 0 Å². The fraction of sp³-hybridized carbons (Fsp3) is 0. The van der Waals surface area contributed by atoms with Crippen LogP contribution in [0.25, 0.3) is 4.96 Å². The number of aromatic nitrogens is 2. The van der Waals surface area contributed by atoms with Crippen molar-refractivity contribution in [3.63, 3.8) is 0 Å². The zero-order chi connectivity index (χ0) is 7.14. The van der Waals surface area contributed by atoms with Gasteiger partial charge in [-0.15, -0.1) is 0 Å². The van der Waals surface area contributed by atoms with E-state index in [4.69, 9.17) is 23.2 Å². The summed E-state index contributed by atoms with van der Waals surface area (Å²) >= 11 is 12.6. The molecule has 0 N–H and O–H groups in total. The van der Waals surface area contributed by atoms with Gasteiger partial charge in [-0.1, -0.05) is 34.5 Å². The first-order valence-corrected chi connectivity index (χ1v) is 4.05. The number of thiazole rings is 1. The molecule has 0 atom stereocenters. The minimum Gasteiger partial charge on any atom is -0.286 e. The largest absolute Gasteiger partial charge is 0.286 e. The van der Waals surface area contributed by atoms with E-state index in [0.717, 1.165) is 4.96 Å². The standard InChI is InChI=1S/C5HCl2N2S/c6-3-1-9-2-4(7)10-5(9)8-3/h2H. The average Bonchev–Trinajstić information content (AvgIpc) is 2.21. The van der Waals surface area contributed by atoms with Crippen molar-refractivity contribution in [1.82, 2.24) is 9.38 Å². The first kappa shape index (κ1) is 6.46. The molecule has 0 amide bonds. The highest BCUT2D eigenvalue weighted by atomic mass is 35.5. The van der Waals surface area contributed by atoms with Crippen molar-refractivity contribution < 1.29 is 0 Å². The summed E-state index contributed by atoms with van der Waals surface area (Å²) < 4.78 is 2.37. The predicted octanol–water partition coefficient (Wildman–Crippen LogP) is 2.50. The van der Waals surface area contributed by atoms with Gasteiger partial charge in [-0.05, 0) is 0 Å². The quantitative estimate of drug-likeness (QED) is 0.626. The summed E-state index contributed by atoms with van der Waals surface area (Å²) in [4.78, 5) is 4.71. The summed E-state index contributed by atoms with van der Waals surface area (Å²) in [6.07, 6.45) is 4.50. The molecule has 0 aliphatic rings. The Balaban J connectivity index is 2.83. The van der Waals surface area contributed by atoms with E-state index in [9.17, 15) is 0 Å². The Morgan fingerprint density at radius 2 is 2.40 bits per heavy atom. The second-order valence-corrected chi connectivity index (χ2v) is 3.70. The predicted molar refractivity (Wildman–Crippen MR) is 41.9 cm³/mol. The Bertz CT molecular complexity index is 301. The Labute approximate surface area is 71.0 Å². The summed E-state index contributed by atoms with van der Waals surface area (Å²) in [6, 6.07) is 0. The lowest BCUT2D eigenvalue weighted by Crippen LogP contribution is -1.67. The molecular formula is C5HCl2N2S. The summed E-state index contributed by atoms with van der Waals surface area (Å²) in [5.41, 5.74) is 0. The van der Waals surface area contributed by atoms with E-state index in [1.54, 1.807) is 10.6 Å². The smallest absolute Gasteiger partial charge is 0.197 e. The van der Waals surface area contributed by atoms with Gasteiger partial charge in [0.2, 0.25) is 0 Å². The van der Waals surface area contributed by atoms with E-state index in [1.165, 1.54) is 11.3 Å². The number of hydrogen-bond acceptors (Lipinski definition) is 2. The molecule has 0 aromatic carbocycles. The van der Waals surface area contributed by atoms with Crippen LogP contribution in [0, 0.1) is 6.20 Å². The number of hydrogen-bond donors (Lipinski definition) is 0. The van der Waals surface area contributed by atoms with Crippen LogP contribution in [0.15, 0.2) is 6.20 Å². The second-order valence-electron chi connectivity index (χ2n) is 1.70. The van der Waals surface area contributed by atoms with Gasteiger partial charge in [0, 0.05) is 6.20 Å². The zero-order valence-corrected chi connectivity index (χ0v) is 6.96. The maximum atomic E-state index is 5.67.